The molecule has 2 fully saturated rings. The highest BCUT2D eigenvalue weighted by atomic mass is 16.5. The summed E-state index contributed by atoms with van der Waals surface area (Å²) in [4.78, 5) is 0. The van der Waals surface area contributed by atoms with Crippen molar-refractivity contribution in [2.24, 2.45) is 5.73 Å². The third-order valence-electron chi connectivity index (χ3n) is 2.44. The van der Waals surface area contributed by atoms with Crippen LogP contribution in [0.3, 0.4) is 0 Å². The largest absolute Gasteiger partial charge is 0.376 e. The lowest BCUT2D eigenvalue weighted by Gasteiger charge is -2.25. The second-order valence-corrected chi connectivity index (χ2v) is 3.39. The summed E-state index contributed by atoms with van der Waals surface area (Å²) in [5.74, 6) is 0. The minimum atomic E-state index is 0.0723. The van der Waals surface area contributed by atoms with Gasteiger partial charge in [-0.25, -0.2) is 0 Å². The van der Waals surface area contributed by atoms with Gasteiger partial charge >= 0.3 is 0 Å². The Kier molecular flexibility index (Phi) is 1.08. The van der Waals surface area contributed by atoms with Crippen LogP contribution in [0.1, 0.15) is 25.7 Å². The van der Waals surface area contributed by atoms with Gasteiger partial charge in [0.1, 0.15) is 0 Å². The van der Waals surface area contributed by atoms with Crippen LogP contribution < -0.4 is 5.73 Å². The molecule has 1 aliphatic heterocycles. The van der Waals surface area contributed by atoms with Gasteiger partial charge < -0.3 is 10.5 Å². The number of rotatable bonds is 0. The first-order valence-electron chi connectivity index (χ1n) is 3.69. The Hall–Kier alpha value is -0.0800. The number of fused-ring (bicyclic) bond motifs is 2. The van der Waals surface area contributed by atoms with Crippen molar-refractivity contribution in [3.05, 3.63) is 0 Å². The summed E-state index contributed by atoms with van der Waals surface area (Å²) in [6.45, 7) is 0.803. The maximum Gasteiger partial charge on any atom is 0.0650 e. The topological polar surface area (TPSA) is 35.2 Å². The van der Waals surface area contributed by atoms with Crippen molar-refractivity contribution < 1.29 is 4.74 Å². The van der Waals surface area contributed by atoms with Gasteiger partial charge in [0, 0.05) is 5.54 Å². The molecule has 9 heavy (non-hydrogen) atoms. The maximum absolute atomic E-state index is 5.98. The van der Waals surface area contributed by atoms with E-state index in [1.165, 1.54) is 19.3 Å². The molecule has 2 atom stereocenters. The van der Waals surface area contributed by atoms with Gasteiger partial charge in [-0.1, -0.05) is 0 Å². The Morgan fingerprint density at radius 3 is 3.11 bits per heavy atom. The Morgan fingerprint density at radius 2 is 2.44 bits per heavy atom. The maximum atomic E-state index is 5.98. The van der Waals surface area contributed by atoms with Crippen molar-refractivity contribution >= 4 is 0 Å². The molecule has 2 heteroatoms. The molecule has 2 aliphatic rings. The van der Waals surface area contributed by atoms with Crippen LogP contribution in [0.5, 0.6) is 0 Å². The van der Waals surface area contributed by atoms with Crippen molar-refractivity contribution in [3.63, 3.8) is 0 Å². The van der Waals surface area contributed by atoms with Crippen molar-refractivity contribution in [1.82, 2.24) is 0 Å². The van der Waals surface area contributed by atoms with Crippen molar-refractivity contribution in [2.75, 3.05) is 6.61 Å². The van der Waals surface area contributed by atoms with Gasteiger partial charge in [0.2, 0.25) is 0 Å². The Bertz CT molecular complexity index is 122. The van der Waals surface area contributed by atoms with Gasteiger partial charge in [-0.05, 0) is 25.7 Å². The molecule has 2 unspecified atom stereocenters. The second kappa shape index (κ2) is 1.70. The molecule has 52 valence electrons. The summed E-state index contributed by atoms with van der Waals surface area (Å²) in [5.41, 5.74) is 6.05. The predicted molar refractivity (Wildman–Crippen MR) is 35.1 cm³/mol. The standard InChI is InChI=1S/C7H13NO/c8-7-3-1-2-6(4-7)9-5-7/h6H,1-5,8H2. The monoisotopic (exact) mass is 127 g/mol. The summed E-state index contributed by atoms with van der Waals surface area (Å²) in [6, 6.07) is 0. The first-order valence-corrected chi connectivity index (χ1v) is 3.69. The van der Waals surface area contributed by atoms with Crippen LogP contribution in [0, 0.1) is 0 Å². The zero-order valence-electron chi connectivity index (χ0n) is 5.60. The molecule has 0 aromatic rings. The van der Waals surface area contributed by atoms with Crippen LogP contribution in [-0.2, 0) is 4.74 Å². The van der Waals surface area contributed by atoms with Gasteiger partial charge in [0.05, 0.1) is 12.7 Å². The smallest absolute Gasteiger partial charge is 0.0650 e. The van der Waals surface area contributed by atoms with Crippen molar-refractivity contribution in [2.45, 2.75) is 37.3 Å². The predicted octanol–water partition coefficient (Wildman–Crippen LogP) is 0.657. The van der Waals surface area contributed by atoms with E-state index in [4.69, 9.17) is 10.5 Å². The van der Waals surface area contributed by atoms with Gasteiger partial charge in [-0.2, -0.15) is 0 Å². The van der Waals surface area contributed by atoms with Crippen LogP contribution in [0.25, 0.3) is 0 Å². The Labute approximate surface area is 55.4 Å². The number of nitrogens with two attached hydrogens (primary N) is 1. The summed E-state index contributed by atoms with van der Waals surface area (Å²) in [5, 5.41) is 0. The van der Waals surface area contributed by atoms with E-state index >= 15 is 0 Å². The van der Waals surface area contributed by atoms with E-state index < -0.39 is 0 Å². The van der Waals surface area contributed by atoms with Gasteiger partial charge in [0.15, 0.2) is 0 Å². The molecule has 0 aromatic heterocycles. The van der Waals surface area contributed by atoms with E-state index in [0.717, 1.165) is 13.0 Å². The third kappa shape index (κ3) is 0.864. The number of ether oxygens (including phenoxy) is 1. The SMILES string of the molecule is NC12CCCC(C1)OC2. The minimum absolute atomic E-state index is 0.0723. The molecule has 1 saturated carbocycles. The molecule has 2 nitrogen and oxygen atoms in total. The quantitative estimate of drug-likeness (QED) is 0.518. The third-order valence-corrected chi connectivity index (χ3v) is 2.44. The van der Waals surface area contributed by atoms with E-state index in [1.807, 2.05) is 0 Å². The Balaban J connectivity index is 2.13. The Morgan fingerprint density at radius 1 is 1.56 bits per heavy atom. The highest BCUT2D eigenvalue weighted by Crippen LogP contribution is 2.34. The van der Waals surface area contributed by atoms with Crippen LogP contribution in [-0.4, -0.2) is 18.2 Å². The number of hydrogen-bond donors (Lipinski definition) is 1. The molecule has 0 radical (unpaired) electrons. The van der Waals surface area contributed by atoms with Crippen LogP contribution in [0.2, 0.25) is 0 Å². The molecule has 1 heterocycles. The second-order valence-electron chi connectivity index (χ2n) is 3.39. The van der Waals surface area contributed by atoms with E-state index in [2.05, 4.69) is 0 Å². The van der Waals surface area contributed by atoms with Crippen LogP contribution in [0.4, 0.5) is 0 Å². The lowest BCUT2D eigenvalue weighted by Crippen LogP contribution is -2.42. The molecule has 2 N–H and O–H groups in total. The zero-order valence-corrected chi connectivity index (χ0v) is 5.60. The van der Waals surface area contributed by atoms with Gasteiger partial charge in [-0.15, -0.1) is 0 Å². The van der Waals surface area contributed by atoms with Crippen LogP contribution >= 0.6 is 0 Å². The molecule has 1 saturated heterocycles. The van der Waals surface area contributed by atoms with Gasteiger partial charge in [-0.3, -0.25) is 0 Å². The highest BCUT2D eigenvalue weighted by molar-refractivity contribution is 4.96. The van der Waals surface area contributed by atoms with Crippen molar-refractivity contribution in [1.29, 1.82) is 0 Å². The molecular weight excluding hydrogens is 114 g/mol. The average Bonchev–Trinajstić information content (AvgIpc) is 2.07. The summed E-state index contributed by atoms with van der Waals surface area (Å²) in [7, 11) is 0. The lowest BCUT2D eigenvalue weighted by molar-refractivity contribution is 0.107. The summed E-state index contributed by atoms with van der Waals surface area (Å²) < 4.78 is 5.45. The highest BCUT2D eigenvalue weighted by Gasteiger charge is 2.39. The fourth-order valence-corrected chi connectivity index (χ4v) is 1.90. The lowest BCUT2D eigenvalue weighted by atomic mass is 9.84. The average molecular weight is 127 g/mol. The summed E-state index contributed by atoms with van der Waals surface area (Å²) in [6.07, 6.45) is 5.28. The minimum Gasteiger partial charge on any atom is -0.376 e. The van der Waals surface area contributed by atoms with E-state index in [-0.39, 0.29) is 5.54 Å². The first-order chi connectivity index (χ1) is 4.29. The molecular formula is C7H13NO. The van der Waals surface area contributed by atoms with Gasteiger partial charge in [0.25, 0.3) is 0 Å². The fourth-order valence-electron chi connectivity index (χ4n) is 1.90. The number of hydrogen-bond acceptors (Lipinski definition) is 2. The van der Waals surface area contributed by atoms with E-state index in [0.29, 0.717) is 6.10 Å². The van der Waals surface area contributed by atoms with Crippen molar-refractivity contribution in [3.8, 4) is 0 Å². The zero-order chi connectivity index (χ0) is 6.32. The van der Waals surface area contributed by atoms with E-state index in [1.54, 1.807) is 0 Å². The molecule has 2 rings (SSSR count). The molecule has 0 amide bonds. The van der Waals surface area contributed by atoms with Crippen LogP contribution in [0.15, 0.2) is 0 Å². The first kappa shape index (κ1) is 5.69. The molecule has 1 aliphatic carbocycles. The summed E-state index contributed by atoms with van der Waals surface area (Å²) >= 11 is 0. The molecule has 0 aromatic carbocycles. The molecule has 0 spiro atoms. The molecule has 2 bridgehead atoms. The fraction of sp³-hybridized carbons (Fsp3) is 1.00. The van der Waals surface area contributed by atoms with E-state index in [9.17, 15) is 0 Å². The normalized spacial score (nSPS) is 49.7.